The van der Waals surface area contributed by atoms with Crippen LogP contribution in [0.5, 0.6) is 0 Å². The molecule has 4 heteroatoms. The Hall–Kier alpha value is -0.450. The molecule has 0 heterocycles. The van der Waals surface area contributed by atoms with Gasteiger partial charge >= 0.3 is 0 Å². The molecule has 0 fully saturated rings. The van der Waals surface area contributed by atoms with Crippen LogP contribution >= 0.6 is 15.9 Å². The topological polar surface area (TPSA) is 15.3 Å². The molecule has 18 heavy (non-hydrogen) atoms. The van der Waals surface area contributed by atoms with Crippen molar-refractivity contribution in [2.45, 2.75) is 26.8 Å². The normalized spacial score (nSPS) is 13.0. The molecule has 1 aromatic rings. The summed E-state index contributed by atoms with van der Waals surface area (Å²) in [5, 5.41) is 3.36. The van der Waals surface area contributed by atoms with E-state index in [-0.39, 0.29) is 11.9 Å². The standard InChI is InChI=1S/C14H22BrFN2/c1-4-18(5-2)9-8-17-11(3)13-7-6-12(15)10-14(13)16/h6-7,10-11,17H,4-5,8-9H2,1-3H3. The summed E-state index contributed by atoms with van der Waals surface area (Å²) in [6.07, 6.45) is 0. The number of nitrogens with one attached hydrogen (secondary N) is 1. The van der Waals surface area contributed by atoms with Gasteiger partial charge in [-0.2, -0.15) is 0 Å². The van der Waals surface area contributed by atoms with Gasteiger partial charge in [0.2, 0.25) is 0 Å². The Balaban J connectivity index is 2.47. The van der Waals surface area contributed by atoms with Gasteiger partial charge in [-0.05, 0) is 32.1 Å². The predicted octanol–water partition coefficient (Wildman–Crippen LogP) is 3.58. The minimum atomic E-state index is -0.160. The maximum absolute atomic E-state index is 13.7. The minimum Gasteiger partial charge on any atom is -0.309 e. The molecule has 0 aliphatic carbocycles. The lowest BCUT2D eigenvalue weighted by Crippen LogP contribution is -2.33. The molecule has 0 aromatic heterocycles. The fraction of sp³-hybridized carbons (Fsp3) is 0.571. The second-order valence-corrected chi connectivity index (χ2v) is 5.28. The molecular formula is C14H22BrFN2. The van der Waals surface area contributed by atoms with Crippen molar-refractivity contribution >= 4 is 15.9 Å². The quantitative estimate of drug-likeness (QED) is 0.827. The Bertz CT molecular complexity index is 367. The van der Waals surface area contributed by atoms with Gasteiger partial charge in [-0.25, -0.2) is 4.39 Å². The maximum atomic E-state index is 13.7. The van der Waals surface area contributed by atoms with Gasteiger partial charge in [0.15, 0.2) is 0 Å². The SMILES string of the molecule is CCN(CC)CCNC(C)c1ccc(Br)cc1F. The van der Waals surface area contributed by atoms with E-state index < -0.39 is 0 Å². The molecule has 1 aromatic carbocycles. The third kappa shape index (κ3) is 4.67. The number of halogens is 2. The van der Waals surface area contributed by atoms with E-state index in [4.69, 9.17) is 0 Å². The van der Waals surface area contributed by atoms with Crippen LogP contribution in [0.15, 0.2) is 22.7 Å². The zero-order valence-corrected chi connectivity index (χ0v) is 12.9. The van der Waals surface area contributed by atoms with E-state index in [9.17, 15) is 4.39 Å². The van der Waals surface area contributed by atoms with Gasteiger partial charge in [-0.1, -0.05) is 35.8 Å². The van der Waals surface area contributed by atoms with Crippen LogP contribution in [0.25, 0.3) is 0 Å². The first-order valence-corrected chi connectivity index (χ1v) is 7.28. The van der Waals surface area contributed by atoms with E-state index in [0.29, 0.717) is 0 Å². The molecule has 0 saturated heterocycles. The summed E-state index contributed by atoms with van der Waals surface area (Å²) in [4.78, 5) is 2.34. The van der Waals surface area contributed by atoms with Crippen molar-refractivity contribution in [1.29, 1.82) is 0 Å². The monoisotopic (exact) mass is 316 g/mol. The smallest absolute Gasteiger partial charge is 0.129 e. The van der Waals surface area contributed by atoms with Crippen molar-refractivity contribution in [3.63, 3.8) is 0 Å². The summed E-state index contributed by atoms with van der Waals surface area (Å²) in [7, 11) is 0. The maximum Gasteiger partial charge on any atom is 0.129 e. The summed E-state index contributed by atoms with van der Waals surface area (Å²) in [6.45, 7) is 10.3. The molecule has 1 N–H and O–H groups in total. The number of hydrogen-bond donors (Lipinski definition) is 1. The fourth-order valence-electron chi connectivity index (χ4n) is 1.94. The van der Waals surface area contributed by atoms with E-state index >= 15 is 0 Å². The van der Waals surface area contributed by atoms with Gasteiger partial charge in [0.25, 0.3) is 0 Å². The van der Waals surface area contributed by atoms with Gasteiger partial charge in [-0.3, -0.25) is 0 Å². The van der Waals surface area contributed by atoms with Crippen molar-refractivity contribution in [1.82, 2.24) is 10.2 Å². The molecule has 0 bridgehead atoms. The highest BCUT2D eigenvalue weighted by Gasteiger charge is 2.10. The molecule has 0 saturated carbocycles. The summed E-state index contributed by atoms with van der Waals surface area (Å²) >= 11 is 3.27. The zero-order chi connectivity index (χ0) is 13.5. The minimum absolute atomic E-state index is 0.0358. The highest BCUT2D eigenvalue weighted by atomic mass is 79.9. The summed E-state index contributed by atoms with van der Waals surface area (Å²) in [5.74, 6) is -0.160. The Morgan fingerprint density at radius 3 is 2.56 bits per heavy atom. The van der Waals surface area contributed by atoms with Gasteiger partial charge in [0, 0.05) is 29.2 Å². The lowest BCUT2D eigenvalue weighted by molar-refractivity contribution is 0.297. The number of hydrogen-bond acceptors (Lipinski definition) is 2. The average Bonchev–Trinajstić information content (AvgIpc) is 2.34. The third-order valence-electron chi connectivity index (χ3n) is 3.20. The highest BCUT2D eigenvalue weighted by molar-refractivity contribution is 9.10. The first-order valence-electron chi connectivity index (χ1n) is 6.49. The summed E-state index contributed by atoms with van der Waals surface area (Å²) < 4.78 is 14.5. The van der Waals surface area contributed by atoms with E-state index in [2.05, 4.69) is 40.0 Å². The molecule has 2 nitrogen and oxygen atoms in total. The number of nitrogens with zero attached hydrogens (tertiary/aromatic N) is 1. The van der Waals surface area contributed by atoms with E-state index in [1.807, 2.05) is 19.1 Å². The largest absolute Gasteiger partial charge is 0.309 e. The second kappa shape index (κ2) is 7.87. The average molecular weight is 317 g/mol. The molecule has 0 aliphatic rings. The number of rotatable bonds is 7. The summed E-state index contributed by atoms with van der Waals surface area (Å²) in [6, 6.07) is 5.25. The van der Waals surface area contributed by atoms with E-state index in [1.54, 1.807) is 0 Å². The lowest BCUT2D eigenvalue weighted by atomic mass is 10.1. The van der Waals surface area contributed by atoms with E-state index in [1.165, 1.54) is 6.07 Å². The molecule has 0 amide bonds. The molecule has 102 valence electrons. The Kier molecular flexibility index (Phi) is 6.82. The molecular weight excluding hydrogens is 295 g/mol. The first kappa shape index (κ1) is 15.6. The number of benzene rings is 1. The van der Waals surface area contributed by atoms with E-state index in [0.717, 1.165) is 36.2 Å². The fourth-order valence-corrected chi connectivity index (χ4v) is 2.27. The van der Waals surface area contributed by atoms with Crippen LogP contribution in [-0.2, 0) is 0 Å². The van der Waals surface area contributed by atoms with Crippen LogP contribution in [0.1, 0.15) is 32.4 Å². The van der Waals surface area contributed by atoms with Crippen molar-refractivity contribution in [2.75, 3.05) is 26.2 Å². The highest BCUT2D eigenvalue weighted by Crippen LogP contribution is 2.20. The lowest BCUT2D eigenvalue weighted by Gasteiger charge is -2.20. The first-order chi connectivity index (χ1) is 8.58. The molecule has 1 atom stereocenters. The van der Waals surface area contributed by atoms with Gasteiger partial charge in [0.1, 0.15) is 5.82 Å². The Labute approximate surface area is 118 Å². The number of likely N-dealkylation sites (N-methyl/N-ethyl adjacent to an activating group) is 1. The van der Waals surface area contributed by atoms with Crippen molar-refractivity contribution in [2.24, 2.45) is 0 Å². The van der Waals surface area contributed by atoms with Crippen LogP contribution in [-0.4, -0.2) is 31.1 Å². The van der Waals surface area contributed by atoms with Gasteiger partial charge in [0.05, 0.1) is 0 Å². The Morgan fingerprint density at radius 1 is 1.33 bits per heavy atom. The van der Waals surface area contributed by atoms with Crippen molar-refractivity contribution < 1.29 is 4.39 Å². The van der Waals surface area contributed by atoms with Gasteiger partial charge < -0.3 is 10.2 Å². The van der Waals surface area contributed by atoms with Crippen molar-refractivity contribution in [3.05, 3.63) is 34.1 Å². The second-order valence-electron chi connectivity index (χ2n) is 4.37. The van der Waals surface area contributed by atoms with Crippen LogP contribution in [0.4, 0.5) is 4.39 Å². The van der Waals surface area contributed by atoms with Crippen LogP contribution in [0, 0.1) is 5.82 Å². The zero-order valence-electron chi connectivity index (χ0n) is 11.3. The predicted molar refractivity (Wildman–Crippen MR) is 78.3 cm³/mol. The molecule has 0 radical (unpaired) electrons. The molecule has 1 unspecified atom stereocenters. The van der Waals surface area contributed by atoms with Gasteiger partial charge in [-0.15, -0.1) is 0 Å². The third-order valence-corrected chi connectivity index (χ3v) is 3.70. The summed E-state index contributed by atoms with van der Waals surface area (Å²) in [5.41, 5.74) is 0.720. The van der Waals surface area contributed by atoms with Crippen molar-refractivity contribution in [3.8, 4) is 0 Å². The van der Waals surface area contributed by atoms with Crippen LogP contribution in [0.3, 0.4) is 0 Å². The molecule has 0 aliphatic heterocycles. The Morgan fingerprint density at radius 2 is 2.00 bits per heavy atom. The van der Waals surface area contributed by atoms with Crippen LogP contribution < -0.4 is 5.32 Å². The molecule has 1 rings (SSSR count). The molecule has 0 spiro atoms. The van der Waals surface area contributed by atoms with Crippen LogP contribution in [0.2, 0.25) is 0 Å².